The van der Waals surface area contributed by atoms with E-state index < -0.39 is 0 Å². The molecule has 1 fully saturated rings. The molecule has 6 heteroatoms. The molecule has 2 aliphatic heterocycles. The Morgan fingerprint density at radius 2 is 1.89 bits per heavy atom. The molecule has 0 aromatic heterocycles. The van der Waals surface area contributed by atoms with E-state index in [4.69, 9.17) is 22.1 Å². The van der Waals surface area contributed by atoms with Crippen LogP contribution in [0.2, 0.25) is 5.02 Å². The van der Waals surface area contributed by atoms with Crippen molar-refractivity contribution in [1.82, 2.24) is 10.2 Å². The summed E-state index contributed by atoms with van der Waals surface area (Å²) in [7, 11) is 0. The summed E-state index contributed by atoms with van der Waals surface area (Å²) in [5.41, 5.74) is 9.69. The molecule has 27 heavy (non-hydrogen) atoms. The molecule has 1 amide bonds. The summed E-state index contributed by atoms with van der Waals surface area (Å²) < 4.78 is 5.41. The van der Waals surface area contributed by atoms with Crippen molar-refractivity contribution < 1.29 is 9.53 Å². The van der Waals surface area contributed by atoms with Crippen molar-refractivity contribution in [3.05, 3.63) is 64.2 Å². The number of ether oxygens (including phenoxy) is 1. The molecule has 0 spiro atoms. The zero-order chi connectivity index (χ0) is 18.8. The Bertz CT molecular complexity index is 836. The summed E-state index contributed by atoms with van der Waals surface area (Å²) in [6, 6.07) is 13.5. The van der Waals surface area contributed by atoms with Crippen molar-refractivity contribution in [2.24, 2.45) is 0 Å². The van der Waals surface area contributed by atoms with E-state index in [0.717, 1.165) is 56.0 Å². The first-order valence-corrected chi connectivity index (χ1v) is 9.75. The van der Waals surface area contributed by atoms with Crippen molar-refractivity contribution in [2.45, 2.75) is 18.4 Å². The first-order chi connectivity index (χ1) is 13.1. The first-order valence-electron chi connectivity index (χ1n) is 9.37. The molecule has 0 bridgehead atoms. The number of carbonyl (C=O) groups excluding carboxylic acids is 1. The molecule has 2 atom stereocenters. The number of rotatable bonds is 4. The molecule has 5 nitrogen and oxygen atoms in total. The smallest absolute Gasteiger partial charge is 0.228 e. The van der Waals surface area contributed by atoms with E-state index in [2.05, 4.69) is 22.3 Å². The normalized spacial score (nSPS) is 22.9. The summed E-state index contributed by atoms with van der Waals surface area (Å²) in [5, 5.41) is 3.72. The van der Waals surface area contributed by atoms with Gasteiger partial charge in [-0.1, -0.05) is 41.9 Å². The van der Waals surface area contributed by atoms with E-state index in [-0.39, 0.29) is 17.9 Å². The number of benzene rings is 2. The number of hydrogen-bond donors (Lipinski definition) is 2. The largest absolute Gasteiger partial charge is 0.398 e. The number of amides is 1. The zero-order valence-corrected chi connectivity index (χ0v) is 15.9. The van der Waals surface area contributed by atoms with E-state index in [1.54, 1.807) is 6.07 Å². The Labute approximate surface area is 164 Å². The van der Waals surface area contributed by atoms with Crippen molar-refractivity contribution in [2.75, 3.05) is 38.6 Å². The monoisotopic (exact) mass is 385 g/mol. The van der Waals surface area contributed by atoms with Crippen molar-refractivity contribution >= 4 is 23.2 Å². The van der Waals surface area contributed by atoms with E-state index in [0.29, 0.717) is 10.7 Å². The third kappa shape index (κ3) is 3.81. The first kappa shape index (κ1) is 18.3. The molecule has 0 saturated carbocycles. The highest BCUT2D eigenvalue weighted by Gasteiger charge is 2.33. The minimum atomic E-state index is -0.201. The topological polar surface area (TPSA) is 67.6 Å². The van der Waals surface area contributed by atoms with Gasteiger partial charge in [0, 0.05) is 13.1 Å². The standard InChI is InChI=1S/C21H24ClN3O2/c22-18-6-5-14(13-19(18)23)20-16-4-2-1-3-15(16)17(21(26)24-20)7-8-25-9-11-27-12-10-25/h1-6,13,17,20H,7-12,23H2,(H,24,26). The number of nitrogen functional groups attached to an aromatic ring is 1. The number of morpholine rings is 1. The molecule has 2 aromatic rings. The van der Waals surface area contributed by atoms with E-state index in [9.17, 15) is 4.79 Å². The Morgan fingerprint density at radius 3 is 2.63 bits per heavy atom. The van der Waals surface area contributed by atoms with Gasteiger partial charge in [-0.15, -0.1) is 0 Å². The molecule has 2 heterocycles. The molecule has 4 rings (SSSR count). The quantitative estimate of drug-likeness (QED) is 0.794. The maximum absolute atomic E-state index is 13.0. The van der Waals surface area contributed by atoms with Crippen LogP contribution in [0.15, 0.2) is 42.5 Å². The van der Waals surface area contributed by atoms with Gasteiger partial charge in [0.05, 0.1) is 35.9 Å². The van der Waals surface area contributed by atoms with E-state index >= 15 is 0 Å². The van der Waals surface area contributed by atoms with Gasteiger partial charge in [-0.25, -0.2) is 0 Å². The van der Waals surface area contributed by atoms with Gasteiger partial charge in [0.15, 0.2) is 0 Å². The fourth-order valence-electron chi connectivity index (χ4n) is 3.98. The van der Waals surface area contributed by atoms with Gasteiger partial charge >= 0.3 is 0 Å². The van der Waals surface area contributed by atoms with Crippen LogP contribution in [-0.2, 0) is 9.53 Å². The fourth-order valence-corrected chi connectivity index (χ4v) is 4.10. The molecule has 0 radical (unpaired) electrons. The number of nitrogens with zero attached hydrogens (tertiary/aromatic N) is 1. The van der Waals surface area contributed by atoms with Crippen LogP contribution >= 0.6 is 11.6 Å². The lowest BCUT2D eigenvalue weighted by atomic mass is 9.82. The number of halogens is 1. The van der Waals surface area contributed by atoms with Gasteiger partial charge in [0.2, 0.25) is 5.91 Å². The van der Waals surface area contributed by atoms with Crippen LogP contribution in [0.4, 0.5) is 5.69 Å². The molecular formula is C21H24ClN3O2. The minimum Gasteiger partial charge on any atom is -0.398 e. The van der Waals surface area contributed by atoms with Gasteiger partial charge in [-0.2, -0.15) is 0 Å². The summed E-state index contributed by atoms with van der Waals surface area (Å²) in [6.07, 6.45) is 0.804. The molecule has 2 unspecified atom stereocenters. The highest BCUT2D eigenvalue weighted by molar-refractivity contribution is 6.33. The number of anilines is 1. The second-order valence-corrected chi connectivity index (χ2v) is 7.55. The highest BCUT2D eigenvalue weighted by atomic mass is 35.5. The van der Waals surface area contributed by atoms with Crippen LogP contribution < -0.4 is 11.1 Å². The maximum atomic E-state index is 13.0. The van der Waals surface area contributed by atoms with Crippen LogP contribution in [0, 0.1) is 0 Å². The lowest BCUT2D eigenvalue weighted by Crippen LogP contribution is -2.42. The molecular weight excluding hydrogens is 362 g/mol. The van der Waals surface area contributed by atoms with Gasteiger partial charge in [0.1, 0.15) is 0 Å². The highest BCUT2D eigenvalue weighted by Crippen LogP contribution is 2.37. The maximum Gasteiger partial charge on any atom is 0.228 e. The summed E-state index contributed by atoms with van der Waals surface area (Å²) in [5.74, 6) is -0.0644. The van der Waals surface area contributed by atoms with Crippen LogP contribution in [-0.4, -0.2) is 43.7 Å². The number of carbonyl (C=O) groups is 1. The molecule has 3 N–H and O–H groups in total. The fraction of sp³-hybridized carbons (Fsp3) is 0.381. The average molecular weight is 386 g/mol. The Kier molecular flexibility index (Phi) is 5.34. The van der Waals surface area contributed by atoms with Crippen LogP contribution in [0.1, 0.15) is 35.1 Å². The Balaban J connectivity index is 1.59. The van der Waals surface area contributed by atoms with Crippen LogP contribution in [0.5, 0.6) is 0 Å². The summed E-state index contributed by atoms with van der Waals surface area (Å²) in [6.45, 7) is 4.31. The van der Waals surface area contributed by atoms with Crippen LogP contribution in [0.3, 0.4) is 0 Å². The third-order valence-corrected chi connectivity index (χ3v) is 5.82. The predicted octanol–water partition coefficient (Wildman–Crippen LogP) is 2.95. The second kappa shape index (κ2) is 7.89. The van der Waals surface area contributed by atoms with Crippen molar-refractivity contribution in [3.63, 3.8) is 0 Å². The van der Waals surface area contributed by atoms with Gasteiger partial charge in [-0.3, -0.25) is 9.69 Å². The van der Waals surface area contributed by atoms with Crippen molar-refractivity contribution in [1.29, 1.82) is 0 Å². The van der Waals surface area contributed by atoms with Gasteiger partial charge in [-0.05, 0) is 41.8 Å². The minimum absolute atomic E-state index is 0.0699. The average Bonchev–Trinajstić information content (AvgIpc) is 2.70. The van der Waals surface area contributed by atoms with Gasteiger partial charge in [0.25, 0.3) is 0 Å². The molecule has 142 valence electrons. The Morgan fingerprint density at radius 1 is 1.15 bits per heavy atom. The van der Waals surface area contributed by atoms with Crippen molar-refractivity contribution in [3.8, 4) is 0 Å². The second-order valence-electron chi connectivity index (χ2n) is 7.15. The molecule has 1 saturated heterocycles. The third-order valence-electron chi connectivity index (χ3n) is 5.48. The number of fused-ring (bicyclic) bond motifs is 1. The number of nitrogens with one attached hydrogen (secondary N) is 1. The van der Waals surface area contributed by atoms with Crippen LogP contribution in [0.25, 0.3) is 0 Å². The lowest BCUT2D eigenvalue weighted by molar-refractivity contribution is -0.124. The van der Waals surface area contributed by atoms with Gasteiger partial charge < -0.3 is 15.8 Å². The molecule has 2 aliphatic rings. The zero-order valence-electron chi connectivity index (χ0n) is 15.2. The SMILES string of the molecule is Nc1cc(C2NC(=O)C(CCN3CCOCC3)c3ccccc32)ccc1Cl. The lowest BCUT2D eigenvalue weighted by Gasteiger charge is -2.34. The predicted molar refractivity (Wildman–Crippen MR) is 107 cm³/mol. The number of nitrogens with two attached hydrogens (primary N) is 1. The Hall–Kier alpha value is -2.08. The van der Waals surface area contributed by atoms with E-state index in [1.807, 2.05) is 24.3 Å². The summed E-state index contributed by atoms with van der Waals surface area (Å²) in [4.78, 5) is 15.3. The molecule has 0 aliphatic carbocycles. The number of hydrogen-bond acceptors (Lipinski definition) is 4. The molecule has 2 aromatic carbocycles. The summed E-state index contributed by atoms with van der Waals surface area (Å²) >= 11 is 6.06. The van der Waals surface area contributed by atoms with E-state index in [1.165, 1.54) is 0 Å².